The topological polar surface area (TPSA) is 101 Å². The number of methoxy groups -OCH3 is 1. The molecule has 3 rings (SSSR count). The molecule has 1 fully saturated rings. The van der Waals surface area contributed by atoms with Crippen LogP contribution in [0.2, 0.25) is 0 Å². The second-order valence-electron chi connectivity index (χ2n) is 7.35. The van der Waals surface area contributed by atoms with Crippen molar-refractivity contribution in [1.82, 2.24) is 5.32 Å². The molecular formula is C23H28N4O4. The van der Waals surface area contributed by atoms with Crippen LogP contribution < -0.4 is 20.7 Å². The van der Waals surface area contributed by atoms with E-state index in [1.54, 1.807) is 25.3 Å². The van der Waals surface area contributed by atoms with Crippen LogP contribution in [0.4, 0.5) is 11.4 Å². The third kappa shape index (κ3) is 6.55. The highest BCUT2D eigenvalue weighted by Crippen LogP contribution is 2.19. The highest BCUT2D eigenvalue weighted by molar-refractivity contribution is 6.10. The van der Waals surface area contributed by atoms with E-state index in [4.69, 9.17) is 9.47 Å². The molecule has 0 aromatic heterocycles. The molecule has 1 aliphatic rings. The summed E-state index contributed by atoms with van der Waals surface area (Å²) in [6, 6.07) is 12.5. The number of aryl methyl sites for hydroxylation is 1. The molecule has 1 atom stereocenters. The number of anilines is 2. The van der Waals surface area contributed by atoms with E-state index in [-0.39, 0.29) is 17.9 Å². The predicted molar refractivity (Wildman–Crippen MR) is 121 cm³/mol. The van der Waals surface area contributed by atoms with Crippen LogP contribution in [-0.4, -0.2) is 44.1 Å². The molecule has 1 heterocycles. The van der Waals surface area contributed by atoms with Crippen molar-refractivity contribution in [2.75, 3.05) is 30.9 Å². The first kappa shape index (κ1) is 22.3. The number of carbonyl (C=O) groups is 2. The van der Waals surface area contributed by atoms with Gasteiger partial charge in [0.15, 0.2) is 0 Å². The number of carbonyl (C=O) groups excluding carboxylic acids is 2. The quantitative estimate of drug-likeness (QED) is 0.488. The predicted octanol–water partition coefficient (Wildman–Crippen LogP) is 3.34. The maximum absolute atomic E-state index is 12.9. The molecule has 31 heavy (non-hydrogen) atoms. The lowest BCUT2D eigenvalue weighted by Gasteiger charge is -2.15. The molecule has 8 heteroatoms. The van der Waals surface area contributed by atoms with E-state index >= 15 is 0 Å². The Morgan fingerprint density at radius 1 is 1.19 bits per heavy atom. The molecule has 0 aliphatic carbocycles. The van der Waals surface area contributed by atoms with Gasteiger partial charge in [-0.3, -0.25) is 14.9 Å². The number of nitrogens with zero attached hydrogens (tertiary/aromatic N) is 1. The smallest absolute Gasteiger partial charge is 0.258 e. The van der Waals surface area contributed by atoms with Gasteiger partial charge < -0.3 is 20.1 Å². The highest BCUT2D eigenvalue weighted by Gasteiger charge is 2.17. The van der Waals surface area contributed by atoms with Crippen molar-refractivity contribution in [3.05, 3.63) is 53.6 Å². The third-order valence-electron chi connectivity index (χ3n) is 4.85. The van der Waals surface area contributed by atoms with Gasteiger partial charge in [0.1, 0.15) is 5.75 Å². The summed E-state index contributed by atoms with van der Waals surface area (Å²) in [6.45, 7) is 4.48. The summed E-state index contributed by atoms with van der Waals surface area (Å²) < 4.78 is 10.9. The van der Waals surface area contributed by atoms with Crippen LogP contribution in [0.25, 0.3) is 0 Å². The van der Waals surface area contributed by atoms with Crippen LogP contribution in [-0.2, 0) is 9.53 Å². The van der Waals surface area contributed by atoms with E-state index in [0.29, 0.717) is 29.5 Å². The van der Waals surface area contributed by atoms with Gasteiger partial charge in [-0.25, -0.2) is 4.99 Å². The highest BCUT2D eigenvalue weighted by atomic mass is 16.5. The number of nitrogens with one attached hydrogen (secondary N) is 3. The average molecular weight is 425 g/mol. The minimum absolute atomic E-state index is 0.0461. The van der Waals surface area contributed by atoms with Gasteiger partial charge in [-0.1, -0.05) is 12.1 Å². The minimum Gasteiger partial charge on any atom is -0.497 e. The number of rotatable bonds is 6. The van der Waals surface area contributed by atoms with Crippen molar-refractivity contribution in [2.24, 2.45) is 4.99 Å². The largest absolute Gasteiger partial charge is 0.497 e. The normalized spacial score (nSPS) is 16.0. The van der Waals surface area contributed by atoms with Gasteiger partial charge >= 0.3 is 0 Å². The van der Waals surface area contributed by atoms with E-state index in [0.717, 1.165) is 30.7 Å². The second kappa shape index (κ2) is 10.6. The number of aliphatic imine (C=N–C) groups is 1. The maximum atomic E-state index is 12.9. The van der Waals surface area contributed by atoms with Gasteiger partial charge in [0.25, 0.3) is 5.91 Å². The summed E-state index contributed by atoms with van der Waals surface area (Å²) in [7, 11) is 1.59. The standard InChI is InChI=1S/C23H28N4O4/c1-15-9-10-17(12-21(15)25-16(2)28)22(29)27-23(24-14-20-8-5-11-31-20)26-18-6-4-7-19(13-18)30-3/h4,6-7,9-10,12-13,20H,5,8,11,14H2,1-3H3,(H,25,28)(H2,24,26,27,29)/t20-/m1/s1. The molecule has 0 spiro atoms. The van der Waals surface area contributed by atoms with Gasteiger partial charge in [-0.15, -0.1) is 0 Å². The molecule has 1 aliphatic heterocycles. The van der Waals surface area contributed by atoms with E-state index < -0.39 is 0 Å². The first-order chi connectivity index (χ1) is 14.9. The third-order valence-corrected chi connectivity index (χ3v) is 4.85. The zero-order chi connectivity index (χ0) is 22.2. The molecule has 2 aromatic carbocycles. The van der Waals surface area contributed by atoms with Gasteiger partial charge in [-0.05, 0) is 49.6 Å². The fourth-order valence-electron chi connectivity index (χ4n) is 3.20. The summed E-state index contributed by atoms with van der Waals surface area (Å²) in [5, 5.41) is 8.72. The first-order valence-electron chi connectivity index (χ1n) is 10.2. The molecule has 0 radical (unpaired) electrons. The van der Waals surface area contributed by atoms with Gasteiger partial charge in [0.05, 0.1) is 19.8 Å². The summed E-state index contributed by atoms with van der Waals surface area (Å²) in [5.41, 5.74) is 2.60. The van der Waals surface area contributed by atoms with Crippen LogP contribution in [0, 0.1) is 6.92 Å². The Balaban J connectivity index is 1.78. The lowest BCUT2D eigenvalue weighted by atomic mass is 10.1. The molecule has 2 amide bonds. The molecule has 3 N–H and O–H groups in total. The molecule has 0 unspecified atom stereocenters. The Hall–Kier alpha value is -3.39. The molecule has 1 saturated heterocycles. The number of hydrogen-bond acceptors (Lipinski definition) is 5. The van der Waals surface area contributed by atoms with Gasteiger partial charge in [-0.2, -0.15) is 0 Å². The fraction of sp³-hybridized carbons (Fsp3) is 0.348. The van der Waals surface area contributed by atoms with Crippen molar-refractivity contribution in [3.8, 4) is 5.75 Å². The monoisotopic (exact) mass is 424 g/mol. The Morgan fingerprint density at radius 3 is 2.74 bits per heavy atom. The SMILES string of the molecule is COc1cccc(NC(=NC[C@H]2CCCO2)NC(=O)c2ccc(C)c(NC(C)=O)c2)c1. The molecule has 2 aromatic rings. The Kier molecular flexibility index (Phi) is 7.61. The van der Waals surface area contributed by atoms with Crippen LogP contribution in [0.15, 0.2) is 47.5 Å². The summed E-state index contributed by atoms with van der Waals surface area (Å²) >= 11 is 0. The lowest BCUT2D eigenvalue weighted by Crippen LogP contribution is -2.36. The van der Waals surface area contributed by atoms with Crippen LogP contribution in [0.5, 0.6) is 5.75 Å². The van der Waals surface area contributed by atoms with Gasteiger partial charge in [0.2, 0.25) is 11.9 Å². The summed E-state index contributed by atoms with van der Waals surface area (Å²) in [6.07, 6.45) is 2.01. The number of benzene rings is 2. The first-order valence-corrected chi connectivity index (χ1v) is 10.2. The van der Waals surface area contributed by atoms with Crippen molar-refractivity contribution in [1.29, 1.82) is 0 Å². The zero-order valence-electron chi connectivity index (χ0n) is 18.0. The van der Waals surface area contributed by atoms with Crippen LogP contribution in [0.3, 0.4) is 0 Å². The number of amides is 2. The Morgan fingerprint density at radius 2 is 2.03 bits per heavy atom. The lowest BCUT2D eigenvalue weighted by molar-refractivity contribution is -0.114. The van der Waals surface area contributed by atoms with Crippen molar-refractivity contribution in [2.45, 2.75) is 32.8 Å². The molecule has 0 bridgehead atoms. The van der Waals surface area contributed by atoms with E-state index in [1.807, 2.05) is 31.2 Å². The number of ether oxygens (including phenoxy) is 2. The second-order valence-corrected chi connectivity index (χ2v) is 7.35. The molecule has 8 nitrogen and oxygen atoms in total. The maximum Gasteiger partial charge on any atom is 0.258 e. The fourth-order valence-corrected chi connectivity index (χ4v) is 3.20. The van der Waals surface area contributed by atoms with Gasteiger partial charge in [0, 0.05) is 36.5 Å². The Labute approximate surface area is 182 Å². The average Bonchev–Trinajstić information content (AvgIpc) is 3.27. The van der Waals surface area contributed by atoms with Crippen LogP contribution in [0.1, 0.15) is 35.7 Å². The molecular weight excluding hydrogens is 396 g/mol. The molecule has 164 valence electrons. The zero-order valence-corrected chi connectivity index (χ0v) is 18.0. The molecule has 0 saturated carbocycles. The van der Waals surface area contributed by atoms with E-state index in [1.165, 1.54) is 6.92 Å². The van der Waals surface area contributed by atoms with Crippen molar-refractivity contribution >= 4 is 29.1 Å². The van der Waals surface area contributed by atoms with E-state index in [9.17, 15) is 9.59 Å². The minimum atomic E-state index is -0.340. The number of hydrogen-bond donors (Lipinski definition) is 3. The summed E-state index contributed by atoms with van der Waals surface area (Å²) in [4.78, 5) is 28.9. The van der Waals surface area contributed by atoms with Crippen molar-refractivity contribution < 1.29 is 19.1 Å². The Bertz CT molecular complexity index is 968. The summed E-state index contributed by atoms with van der Waals surface area (Å²) in [5.74, 6) is 0.468. The van der Waals surface area contributed by atoms with E-state index in [2.05, 4.69) is 20.9 Å². The van der Waals surface area contributed by atoms with Crippen molar-refractivity contribution in [3.63, 3.8) is 0 Å². The number of guanidine groups is 1. The van der Waals surface area contributed by atoms with Crippen LogP contribution >= 0.6 is 0 Å².